The predicted octanol–water partition coefficient (Wildman–Crippen LogP) is -4.05. The molecule has 0 aromatic heterocycles. The molecule has 1 rings (SSSR count). The Labute approximate surface area is 438 Å². The molecule has 0 aliphatic rings. The van der Waals surface area contributed by atoms with Crippen LogP contribution in [0.15, 0.2) is 34.3 Å². The van der Waals surface area contributed by atoms with Crippen molar-refractivity contribution < 1.29 is 68.4 Å². The van der Waals surface area contributed by atoms with Gasteiger partial charge in [-0.2, -0.15) is 11.8 Å². The van der Waals surface area contributed by atoms with Gasteiger partial charge in [-0.1, -0.05) is 39.8 Å². The maximum absolute atomic E-state index is 14.1. The van der Waals surface area contributed by atoms with Crippen LogP contribution >= 0.6 is 11.8 Å². The summed E-state index contributed by atoms with van der Waals surface area (Å²) in [6.07, 6.45) is 0.627. The number of rotatable bonds is 35. The third-order valence-electron chi connectivity index (χ3n) is 10.9. The normalized spacial score (nSPS) is 14.1. The third kappa shape index (κ3) is 26.4. The Kier molecular flexibility index (Phi) is 29.8. The van der Waals surface area contributed by atoms with Gasteiger partial charge in [0.1, 0.15) is 54.1 Å². The number of aliphatic carboxylic acids is 2. The first-order valence-corrected chi connectivity index (χ1v) is 25.4. The van der Waals surface area contributed by atoms with Gasteiger partial charge in [-0.3, -0.25) is 53.1 Å². The summed E-state index contributed by atoms with van der Waals surface area (Å²) < 4.78 is 0. The van der Waals surface area contributed by atoms with Crippen LogP contribution in [0, 0.1) is 11.8 Å². The van der Waals surface area contributed by atoms with Crippen LogP contribution in [0.25, 0.3) is 0 Å². The molecular weight excluding hydrogens is 1000 g/mol. The number of carbonyl (C=O) groups is 10. The molecule has 0 spiro atoms. The summed E-state index contributed by atoms with van der Waals surface area (Å²) >= 11 is 1.38. The van der Waals surface area contributed by atoms with Crippen molar-refractivity contribution in [1.29, 1.82) is 0 Å². The van der Waals surface area contributed by atoms with Gasteiger partial charge in [-0.15, -0.1) is 0 Å². The van der Waals surface area contributed by atoms with E-state index >= 15 is 0 Å². The predicted molar refractivity (Wildman–Crippen MR) is 277 cm³/mol. The largest absolute Gasteiger partial charge is 0.508 e. The summed E-state index contributed by atoms with van der Waals surface area (Å²) in [7, 11) is 0. The number of hydrogen-bond donors (Lipinski definition) is 16. The number of aliphatic hydroxyl groups excluding tert-OH is 1. The molecule has 8 atom stereocenters. The number of carbonyl (C=O) groups excluding carboxylic acids is 8. The summed E-state index contributed by atoms with van der Waals surface area (Å²) in [6.45, 7) is 6.75. The molecule has 8 amide bonds. The Hall–Kier alpha value is -7.43. The standard InChI is InChI=1S/C46H76N14O14S/c1-23(2)19-31(40(69)59-34(22-61)42(71)55-28(9-7-16-51-45(47)48)37(66)58-33(44(73)74)20-26-11-13-27(63)14-12-26)57-43(72)36(24(3)4)60-39(68)29(10-8-17-52-46(49)50)54-41(70)32(21-35(64)65)56-38(67)30(15-18-75-6)53-25(5)62/h11-14,23-24,28-34,36,61,63H,7-10,15-22H2,1-6H3,(H,53,62)(H,54,70)(H,55,71)(H,56,67)(H,57,72)(H,58,66)(H,59,69)(H,60,68)(H,64,65)(H,73,74)(H4,47,48,51)(H4,49,50,52). The minimum Gasteiger partial charge on any atom is -0.508 e. The molecule has 28 nitrogen and oxygen atoms in total. The van der Waals surface area contributed by atoms with Gasteiger partial charge in [0, 0.05) is 26.4 Å². The first-order chi connectivity index (χ1) is 35.2. The van der Waals surface area contributed by atoms with Crippen molar-refractivity contribution in [1.82, 2.24) is 42.5 Å². The average molecular weight is 1080 g/mol. The van der Waals surface area contributed by atoms with E-state index in [9.17, 15) is 68.4 Å². The van der Waals surface area contributed by atoms with E-state index in [0.29, 0.717) is 11.3 Å². The lowest BCUT2D eigenvalue weighted by Gasteiger charge is -2.29. The SMILES string of the molecule is CSCCC(NC(C)=O)C(=O)NC(CC(=O)O)C(=O)NC(CCCN=C(N)N)C(=O)NC(C(=O)NC(CC(C)C)C(=O)NC(CO)C(=O)NC(CCCN=C(N)N)C(=O)NC(Cc1ccc(O)cc1)C(=O)O)C(C)C. The molecule has 0 saturated carbocycles. The van der Waals surface area contributed by atoms with Gasteiger partial charge in [0.05, 0.1) is 13.0 Å². The van der Waals surface area contributed by atoms with Crippen molar-refractivity contribution in [3.8, 4) is 5.75 Å². The molecule has 20 N–H and O–H groups in total. The molecule has 29 heteroatoms. The highest BCUT2D eigenvalue weighted by molar-refractivity contribution is 7.98. The number of amides is 8. The number of thioether (sulfide) groups is 1. The lowest BCUT2D eigenvalue weighted by molar-refractivity contribution is -0.142. The van der Waals surface area contributed by atoms with Crippen LogP contribution in [-0.2, 0) is 54.4 Å². The summed E-state index contributed by atoms with van der Waals surface area (Å²) in [5.74, 6) is -11.3. The zero-order valence-corrected chi connectivity index (χ0v) is 43.9. The fourth-order valence-corrected chi connectivity index (χ4v) is 7.53. The van der Waals surface area contributed by atoms with Gasteiger partial charge in [-0.25, -0.2) is 4.79 Å². The summed E-state index contributed by atoms with van der Waals surface area (Å²) in [4.78, 5) is 140. The van der Waals surface area contributed by atoms with E-state index in [4.69, 9.17) is 22.9 Å². The Morgan fingerprint density at radius 1 is 0.573 bits per heavy atom. The van der Waals surface area contributed by atoms with Crippen molar-refractivity contribution in [2.24, 2.45) is 44.8 Å². The van der Waals surface area contributed by atoms with Crippen LogP contribution in [0.1, 0.15) is 85.1 Å². The van der Waals surface area contributed by atoms with Crippen LogP contribution in [0.4, 0.5) is 0 Å². The van der Waals surface area contributed by atoms with Gasteiger partial charge in [-0.05, 0) is 80.1 Å². The highest BCUT2D eigenvalue weighted by atomic mass is 32.2. The first kappa shape index (κ1) is 65.6. The molecule has 0 fully saturated rings. The molecule has 0 aliphatic heterocycles. The van der Waals surface area contributed by atoms with E-state index in [1.165, 1.54) is 43.0 Å². The van der Waals surface area contributed by atoms with Gasteiger partial charge >= 0.3 is 11.9 Å². The Balaban J connectivity index is 3.43. The van der Waals surface area contributed by atoms with Gasteiger partial charge < -0.3 is 85.9 Å². The lowest BCUT2D eigenvalue weighted by Crippen LogP contribution is -2.61. The third-order valence-corrected chi connectivity index (χ3v) is 11.5. The molecule has 0 aliphatic carbocycles. The average Bonchev–Trinajstić information content (AvgIpc) is 3.31. The molecule has 8 unspecified atom stereocenters. The van der Waals surface area contributed by atoms with E-state index in [0.717, 1.165) is 0 Å². The van der Waals surface area contributed by atoms with Gasteiger partial charge in [0.2, 0.25) is 47.3 Å². The molecule has 0 bridgehead atoms. The van der Waals surface area contributed by atoms with E-state index in [1.54, 1.807) is 34.0 Å². The van der Waals surface area contributed by atoms with Crippen LogP contribution in [0.5, 0.6) is 5.75 Å². The number of aromatic hydroxyl groups is 1. The number of nitrogens with zero attached hydrogens (tertiary/aromatic N) is 2. The van der Waals surface area contributed by atoms with Crippen LogP contribution in [0.2, 0.25) is 0 Å². The van der Waals surface area contributed by atoms with Gasteiger partial charge in [0.25, 0.3) is 0 Å². The first-order valence-electron chi connectivity index (χ1n) is 24.0. The minimum absolute atomic E-state index is 0.00916. The smallest absolute Gasteiger partial charge is 0.326 e. The number of phenolic OH excluding ortho intramolecular Hbond substituents is 1. The molecule has 0 radical (unpaired) electrons. The molecule has 1 aromatic carbocycles. The number of hydrogen-bond acceptors (Lipinski definition) is 15. The number of carboxylic acids is 2. The van der Waals surface area contributed by atoms with Gasteiger partial charge in [0.15, 0.2) is 11.9 Å². The van der Waals surface area contributed by atoms with E-state index in [1.807, 2.05) is 0 Å². The maximum atomic E-state index is 14.1. The van der Waals surface area contributed by atoms with Crippen molar-refractivity contribution in [2.45, 2.75) is 134 Å². The van der Waals surface area contributed by atoms with E-state index in [-0.39, 0.29) is 81.6 Å². The molecule has 0 heterocycles. The summed E-state index contributed by atoms with van der Waals surface area (Å²) in [6, 6.07) is -6.21. The van der Waals surface area contributed by atoms with Crippen molar-refractivity contribution >= 4 is 82.9 Å². The van der Waals surface area contributed by atoms with Crippen LogP contribution in [0.3, 0.4) is 0 Å². The number of guanidine groups is 2. The lowest BCUT2D eigenvalue weighted by atomic mass is 9.99. The molecule has 75 heavy (non-hydrogen) atoms. The number of aliphatic hydroxyl groups is 1. The minimum atomic E-state index is -1.73. The van der Waals surface area contributed by atoms with Crippen LogP contribution < -0.4 is 65.5 Å². The number of carboxylic acid groups (broad SMARTS) is 2. The van der Waals surface area contributed by atoms with E-state index < -0.39 is 126 Å². The fraction of sp³-hybridized carbons (Fsp3) is 0.609. The zero-order chi connectivity index (χ0) is 56.9. The molecular formula is C46H76N14O14S. The number of phenols is 1. The van der Waals surface area contributed by atoms with Crippen molar-refractivity contribution in [3.05, 3.63) is 29.8 Å². The Morgan fingerprint density at radius 2 is 1.00 bits per heavy atom. The number of nitrogens with one attached hydrogen (secondary N) is 8. The Bertz CT molecular complexity index is 2160. The zero-order valence-electron chi connectivity index (χ0n) is 43.1. The van der Waals surface area contributed by atoms with E-state index in [2.05, 4.69) is 52.5 Å². The number of nitrogens with two attached hydrogens (primary N) is 4. The quantitative estimate of drug-likeness (QED) is 0.0175. The second-order valence-corrected chi connectivity index (χ2v) is 19.1. The molecule has 1 aromatic rings. The maximum Gasteiger partial charge on any atom is 0.326 e. The topological polar surface area (TPSA) is 477 Å². The number of aliphatic imine (C=N–C) groups is 2. The van der Waals surface area contributed by atoms with Crippen molar-refractivity contribution in [2.75, 3.05) is 31.7 Å². The Morgan fingerprint density at radius 3 is 1.44 bits per heavy atom. The van der Waals surface area contributed by atoms with Crippen LogP contribution in [-0.4, -0.2) is 172 Å². The van der Waals surface area contributed by atoms with Crippen molar-refractivity contribution in [3.63, 3.8) is 0 Å². The fourth-order valence-electron chi connectivity index (χ4n) is 7.06. The number of benzene rings is 1. The highest BCUT2D eigenvalue weighted by Gasteiger charge is 2.36. The second-order valence-electron chi connectivity index (χ2n) is 18.1. The molecule has 0 saturated heterocycles. The monoisotopic (exact) mass is 1080 g/mol. The second kappa shape index (κ2) is 34.1. The molecule has 420 valence electrons. The summed E-state index contributed by atoms with van der Waals surface area (Å²) in [5.41, 5.74) is 22.2. The highest BCUT2D eigenvalue weighted by Crippen LogP contribution is 2.14. The summed E-state index contributed by atoms with van der Waals surface area (Å²) in [5, 5.41) is 59.1.